The number of amides is 1. The van der Waals surface area contributed by atoms with Crippen molar-refractivity contribution in [2.75, 3.05) is 6.54 Å². The number of carbonyl (C=O) groups is 1. The van der Waals surface area contributed by atoms with Gasteiger partial charge in [0, 0.05) is 30.5 Å². The van der Waals surface area contributed by atoms with E-state index >= 15 is 0 Å². The summed E-state index contributed by atoms with van der Waals surface area (Å²) in [7, 11) is 0. The minimum atomic E-state index is -0.366. The zero-order valence-corrected chi connectivity index (χ0v) is 13.9. The Kier molecular flexibility index (Phi) is 4.62. The predicted molar refractivity (Wildman–Crippen MR) is 93.3 cm³/mol. The van der Waals surface area contributed by atoms with Gasteiger partial charge in [0.1, 0.15) is 11.2 Å². The number of pyridine rings is 1. The van der Waals surface area contributed by atoms with Crippen LogP contribution in [0.4, 0.5) is 0 Å². The maximum atomic E-state index is 12.8. The zero-order chi connectivity index (χ0) is 17.1. The first-order chi connectivity index (χ1) is 11.6. The smallest absolute Gasteiger partial charge is 0.270 e. The van der Waals surface area contributed by atoms with Crippen LogP contribution in [0, 0.1) is 0 Å². The van der Waals surface area contributed by atoms with Crippen molar-refractivity contribution in [2.45, 2.75) is 13.5 Å². The van der Waals surface area contributed by atoms with Gasteiger partial charge in [-0.2, -0.15) is 0 Å². The van der Waals surface area contributed by atoms with E-state index in [1.807, 2.05) is 25.1 Å². The molecule has 0 atom stereocenters. The predicted octanol–water partition coefficient (Wildman–Crippen LogP) is 3.01. The highest BCUT2D eigenvalue weighted by molar-refractivity contribution is 6.30. The summed E-state index contributed by atoms with van der Waals surface area (Å²) in [4.78, 5) is 31.1. The maximum absolute atomic E-state index is 12.8. The standard InChI is InChI=1S/C18H16ClN3O2/c1-2-21(12-13-6-5-7-14(19)10-13)17(23)15-11-20-16-8-3-4-9-22(16)18(15)24/h3-11H,2,12H2,1H3. The van der Waals surface area contributed by atoms with Gasteiger partial charge in [-0.1, -0.05) is 29.8 Å². The van der Waals surface area contributed by atoms with E-state index in [9.17, 15) is 9.59 Å². The van der Waals surface area contributed by atoms with Gasteiger partial charge in [0.2, 0.25) is 0 Å². The van der Waals surface area contributed by atoms with Crippen LogP contribution in [0.5, 0.6) is 0 Å². The molecule has 0 spiro atoms. The molecule has 2 aromatic heterocycles. The average molecular weight is 342 g/mol. The Bertz CT molecular complexity index is 952. The summed E-state index contributed by atoms with van der Waals surface area (Å²) in [6.07, 6.45) is 2.95. The molecule has 1 aromatic carbocycles. The summed E-state index contributed by atoms with van der Waals surface area (Å²) in [6.45, 7) is 2.73. The number of halogens is 1. The molecule has 3 rings (SSSR count). The van der Waals surface area contributed by atoms with Gasteiger partial charge in [0.25, 0.3) is 11.5 Å². The number of nitrogens with zero attached hydrogens (tertiary/aromatic N) is 3. The molecule has 0 aliphatic carbocycles. The molecule has 0 saturated carbocycles. The van der Waals surface area contributed by atoms with Crippen LogP contribution >= 0.6 is 11.6 Å². The number of hydrogen-bond donors (Lipinski definition) is 0. The lowest BCUT2D eigenvalue weighted by atomic mass is 10.2. The van der Waals surface area contributed by atoms with Gasteiger partial charge in [-0.15, -0.1) is 0 Å². The fraction of sp³-hybridized carbons (Fsp3) is 0.167. The van der Waals surface area contributed by atoms with Crippen molar-refractivity contribution < 1.29 is 4.79 Å². The van der Waals surface area contributed by atoms with Crippen LogP contribution in [-0.4, -0.2) is 26.7 Å². The van der Waals surface area contributed by atoms with E-state index in [1.165, 1.54) is 10.6 Å². The molecule has 24 heavy (non-hydrogen) atoms. The van der Waals surface area contributed by atoms with Crippen LogP contribution in [0.15, 0.2) is 59.7 Å². The number of aromatic nitrogens is 2. The third-order valence-corrected chi connectivity index (χ3v) is 4.01. The van der Waals surface area contributed by atoms with Gasteiger partial charge in [-0.05, 0) is 36.8 Å². The summed E-state index contributed by atoms with van der Waals surface area (Å²) >= 11 is 5.99. The lowest BCUT2D eigenvalue weighted by Gasteiger charge is -2.21. The Hall–Kier alpha value is -2.66. The van der Waals surface area contributed by atoms with Crippen molar-refractivity contribution in [3.8, 4) is 0 Å². The van der Waals surface area contributed by atoms with E-state index in [4.69, 9.17) is 11.6 Å². The van der Waals surface area contributed by atoms with Gasteiger partial charge in [-0.3, -0.25) is 14.0 Å². The molecule has 0 N–H and O–H groups in total. The molecule has 0 unspecified atom stereocenters. The van der Waals surface area contributed by atoms with Crippen LogP contribution in [0.1, 0.15) is 22.8 Å². The molecule has 0 saturated heterocycles. The molecule has 2 heterocycles. The first-order valence-electron chi connectivity index (χ1n) is 7.60. The summed E-state index contributed by atoms with van der Waals surface area (Å²) in [5, 5.41) is 0.614. The quantitative estimate of drug-likeness (QED) is 0.733. The molecular formula is C18H16ClN3O2. The highest BCUT2D eigenvalue weighted by Crippen LogP contribution is 2.14. The number of benzene rings is 1. The summed E-state index contributed by atoms with van der Waals surface area (Å²) in [5.41, 5.74) is 1.11. The first kappa shape index (κ1) is 16.2. The van der Waals surface area contributed by atoms with E-state index in [2.05, 4.69) is 4.98 Å². The normalized spacial score (nSPS) is 10.8. The molecule has 0 aliphatic rings. The fourth-order valence-corrected chi connectivity index (χ4v) is 2.74. The van der Waals surface area contributed by atoms with Gasteiger partial charge in [-0.25, -0.2) is 4.98 Å². The molecule has 0 bridgehead atoms. The summed E-state index contributed by atoms with van der Waals surface area (Å²) < 4.78 is 1.38. The molecule has 1 amide bonds. The SMILES string of the molecule is CCN(Cc1cccc(Cl)c1)C(=O)c1cnc2ccccn2c1=O. The van der Waals surface area contributed by atoms with E-state index in [0.717, 1.165) is 5.56 Å². The van der Waals surface area contributed by atoms with Gasteiger partial charge in [0.05, 0.1) is 0 Å². The Balaban J connectivity index is 1.94. The third-order valence-electron chi connectivity index (χ3n) is 3.78. The fourth-order valence-electron chi connectivity index (χ4n) is 2.53. The first-order valence-corrected chi connectivity index (χ1v) is 7.98. The Labute approximate surface area is 144 Å². The monoisotopic (exact) mass is 341 g/mol. The lowest BCUT2D eigenvalue weighted by molar-refractivity contribution is 0.0750. The van der Waals surface area contributed by atoms with Gasteiger partial charge < -0.3 is 4.90 Å². The minimum Gasteiger partial charge on any atom is -0.334 e. The zero-order valence-electron chi connectivity index (χ0n) is 13.1. The Morgan fingerprint density at radius 2 is 2.08 bits per heavy atom. The van der Waals surface area contributed by atoms with Crippen molar-refractivity contribution in [3.05, 3.63) is 81.4 Å². The molecular weight excluding hydrogens is 326 g/mol. The number of carbonyl (C=O) groups excluding carboxylic acids is 1. The van der Waals surface area contributed by atoms with Gasteiger partial charge in [0.15, 0.2) is 0 Å². The molecule has 0 fully saturated rings. The van der Waals surface area contributed by atoms with Crippen molar-refractivity contribution in [1.82, 2.24) is 14.3 Å². The van der Waals surface area contributed by atoms with Crippen LogP contribution < -0.4 is 5.56 Å². The van der Waals surface area contributed by atoms with E-state index in [-0.39, 0.29) is 17.0 Å². The van der Waals surface area contributed by atoms with Crippen molar-refractivity contribution >= 4 is 23.2 Å². The molecule has 0 radical (unpaired) electrons. The second-order valence-electron chi connectivity index (χ2n) is 5.36. The second-order valence-corrected chi connectivity index (χ2v) is 5.79. The van der Waals surface area contributed by atoms with Crippen molar-refractivity contribution in [2.24, 2.45) is 0 Å². The third kappa shape index (κ3) is 3.16. The number of hydrogen-bond acceptors (Lipinski definition) is 3. The van der Waals surface area contributed by atoms with Gasteiger partial charge >= 0.3 is 0 Å². The second kappa shape index (κ2) is 6.84. The van der Waals surface area contributed by atoms with Crippen LogP contribution in [0.3, 0.4) is 0 Å². The highest BCUT2D eigenvalue weighted by atomic mass is 35.5. The van der Waals surface area contributed by atoms with Crippen LogP contribution in [0.2, 0.25) is 5.02 Å². The average Bonchev–Trinajstić information content (AvgIpc) is 2.60. The molecule has 0 aliphatic heterocycles. The highest BCUT2D eigenvalue weighted by Gasteiger charge is 2.19. The number of fused-ring (bicyclic) bond motifs is 1. The van der Waals surface area contributed by atoms with E-state index in [0.29, 0.717) is 23.8 Å². The van der Waals surface area contributed by atoms with Crippen LogP contribution in [-0.2, 0) is 6.54 Å². The maximum Gasteiger partial charge on any atom is 0.270 e. The molecule has 6 heteroatoms. The Morgan fingerprint density at radius 1 is 1.25 bits per heavy atom. The molecule has 5 nitrogen and oxygen atoms in total. The van der Waals surface area contributed by atoms with Crippen LogP contribution in [0.25, 0.3) is 5.65 Å². The van der Waals surface area contributed by atoms with Crippen molar-refractivity contribution in [1.29, 1.82) is 0 Å². The summed E-state index contributed by atoms with van der Waals surface area (Å²) in [6, 6.07) is 12.6. The number of rotatable bonds is 4. The molecule has 3 aromatic rings. The molecule has 122 valence electrons. The van der Waals surface area contributed by atoms with Crippen molar-refractivity contribution in [3.63, 3.8) is 0 Å². The topological polar surface area (TPSA) is 54.7 Å². The minimum absolute atomic E-state index is 0.0579. The Morgan fingerprint density at radius 3 is 2.83 bits per heavy atom. The largest absolute Gasteiger partial charge is 0.334 e. The summed E-state index contributed by atoms with van der Waals surface area (Å²) in [5.74, 6) is -0.340. The van der Waals surface area contributed by atoms with E-state index in [1.54, 1.807) is 35.4 Å². The lowest BCUT2D eigenvalue weighted by Crippen LogP contribution is -2.35. The van der Waals surface area contributed by atoms with E-state index < -0.39 is 0 Å².